The first kappa shape index (κ1) is 11.6. The van der Waals surface area contributed by atoms with Crippen molar-refractivity contribution in [2.75, 3.05) is 0 Å². The molecule has 4 N–H and O–H groups in total. The first-order valence-corrected chi connectivity index (χ1v) is 6.15. The maximum Gasteiger partial charge on any atom is 0.237 e. The van der Waals surface area contributed by atoms with E-state index in [9.17, 15) is 4.79 Å². The molecule has 86 valence electrons. The number of halogens is 1. The van der Waals surface area contributed by atoms with Gasteiger partial charge in [0.1, 0.15) is 0 Å². The summed E-state index contributed by atoms with van der Waals surface area (Å²) >= 11 is 3.40. The fraction of sp³-hybridized carbons (Fsp3) is 0.417. The molecular formula is C12H15BrN2O. The minimum absolute atomic E-state index is 0.352. The molecule has 1 aliphatic rings. The van der Waals surface area contributed by atoms with E-state index in [4.69, 9.17) is 11.5 Å². The minimum atomic E-state index is -0.808. The van der Waals surface area contributed by atoms with Crippen LogP contribution in [-0.4, -0.2) is 11.4 Å². The molecule has 2 rings (SSSR count). The summed E-state index contributed by atoms with van der Waals surface area (Å²) in [6.45, 7) is 0. The van der Waals surface area contributed by atoms with Gasteiger partial charge in [-0.15, -0.1) is 0 Å². The molecule has 0 aromatic heterocycles. The normalized spacial score (nSPS) is 29.2. The number of carbonyl (C=O) groups is 1. The summed E-state index contributed by atoms with van der Waals surface area (Å²) in [5.41, 5.74) is 11.7. The monoisotopic (exact) mass is 282 g/mol. The van der Waals surface area contributed by atoms with E-state index in [1.807, 2.05) is 12.1 Å². The molecule has 1 aromatic carbocycles. The highest BCUT2D eigenvalue weighted by molar-refractivity contribution is 9.10. The van der Waals surface area contributed by atoms with Gasteiger partial charge in [0.25, 0.3) is 0 Å². The van der Waals surface area contributed by atoms with Gasteiger partial charge in [-0.05, 0) is 42.9 Å². The van der Waals surface area contributed by atoms with Gasteiger partial charge in [-0.25, -0.2) is 0 Å². The average Bonchev–Trinajstić information content (AvgIpc) is 2.63. The smallest absolute Gasteiger partial charge is 0.237 e. The summed E-state index contributed by atoms with van der Waals surface area (Å²) in [4.78, 5) is 11.2. The molecular weight excluding hydrogens is 268 g/mol. The highest BCUT2D eigenvalue weighted by Gasteiger charge is 2.40. The summed E-state index contributed by atoms with van der Waals surface area (Å²) in [6, 6.07) is 8.16. The Bertz CT molecular complexity index is 404. The quantitative estimate of drug-likeness (QED) is 0.870. The van der Waals surface area contributed by atoms with Crippen LogP contribution < -0.4 is 11.5 Å². The Kier molecular flexibility index (Phi) is 3.04. The number of amides is 1. The van der Waals surface area contributed by atoms with Crippen molar-refractivity contribution in [2.24, 2.45) is 11.5 Å². The predicted octanol–water partition coefficient (Wildman–Crippen LogP) is 1.90. The van der Waals surface area contributed by atoms with E-state index in [1.54, 1.807) is 0 Å². The van der Waals surface area contributed by atoms with Gasteiger partial charge in [0.2, 0.25) is 5.91 Å². The van der Waals surface area contributed by atoms with Crippen LogP contribution in [0, 0.1) is 0 Å². The summed E-state index contributed by atoms with van der Waals surface area (Å²) in [7, 11) is 0. The SMILES string of the molecule is NC(=O)C1(N)CC[C@H](c2ccc(Br)cc2)C1. The third kappa shape index (κ3) is 2.13. The van der Waals surface area contributed by atoms with Gasteiger partial charge in [-0.3, -0.25) is 4.79 Å². The number of nitrogens with two attached hydrogens (primary N) is 2. The third-order valence-corrected chi connectivity index (χ3v) is 3.91. The molecule has 3 nitrogen and oxygen atoms in total. The Hall–Kier alpha value is -0.870. The third-order valence-electron chi connectivity index (χ3n) is 3.38. The highest BCUT2D eigenvalue weighted by Crippen LogP contribution is 2.39. The van der Waals surface area contributed by atoms with Crippen molar-refractivity contribution < 1.29 is 4.79 Å². The van der Waals surface area contributed by atoms with Crippen LogP contribution in [0.3, 0.4) is 0 Å². The van der Waals surface area contributed by atoms with Crippen molar-refractivity contribution in [3.05, 3.63) is 34.3 Å². The van der Waals surface area contributed by atoms with Crippen molar-refractivity contribution in [3.63, 3.8) is 0 Å². The lowest BCUT2D eigenvalue weighted by Crippen LogP contribution is -2.49. The maximum atomic E-state index is 11.2. The van der Waals surface area contributed by atoms with Crippen LogP contribution in [0.1, 0.15) is 30.7 Å². The van der Waals surface area contributed by atoms with Crippen molar-refractivity contribution in [2.45, 2.75) is 30.7 Å². The van der Waals surface area contributed by atoms with Crippen molar-refractivity contribution in [3.8, 4) is 0 Å². The van der Waals surface area contributed by atoms with Gasteiger partial charge >= 0.3 is 0 Å². The molecule has 1 aliphatic carbocycles. The summed E-state index contributed by atoms with van der Waals surface area (Å²) in [5.74, 6) is -0.0299. The van der Waals surface area contributed by atoms with Gasteiger partial charge < -0.3 is 11.5 Å². The Morgan fingerprint density at radius 3 is 2.50 bits per heavy atom. The van der Waals surface area contributed by atoms with Crippen LogP contribution >= 0.6 is 15.9 Å². The average molecular weight is 283 g/mol. The van der Waals surface area contributed by atoms with Crippen LogP contribution in [0.25, 0.3) is 0 Å². The standard InChI is InChI=1S/C12H15BrN2O/c13-10-3-1-8(2-4-10)9-5-6-12(15,7-9)11(14)16/h1-4,9H,5-7,15H2,(H2,14,16)/t9-,12?/m0/s1. The lowest BCUT2D eigenvalue weighted by atomic mass is 9.93. The molecule has 1 fully saturated rings. The van der Waals surface area contributed by atoms with E-state index in [0.29, 0.717) is 18.8 Å². The zero-order valence-corrected chi connectivity index (χ0v) is 10.5. The Morgan fingerprint density at radius 2 is 2.00 bits per heavy atom. The second-order valence-electron chi connectivity index (χ2n) is 4.51. The molecule has 1 unspecified atom stereocenters. The molecule has 0 spiro atoms. The predicted molar refractivity (Wildman–Crippen MR) is 66.8 cm³/mol. The maximum absolute atomic E-state index is 11.2. The van der Waals surface area contributed by atoms with Crippen LogP contribution in [-0.2, 0) is 4.79 Å². The van der Waals surface area contributed by atoms with E-state index in [1.165, 1.54) is 5.56 Å². The lowest BCUT2D eigenvalue weighted by Gasteiger charge is -2.19. The van der Waals surface area contributed by atoms with E-state index >= 15 is 0 Å². The summed E-state index contributed by atoms with van der Waals surface area (Å²) in [6.07, 6.45) is 2.27. The second-order valence-corrected chi connectivity index (χ2v) is 5.43. The first-order chi connectivity index (χ1) is 7.51. The van der Waals surface area contributed by atoms with Crippen LogP contribution in [0.5, 0.6) is 0 Å². The van der Waals surface area contributed by atoms with Crippen LogP contribution in [0.2, 0.25) is 0 Å². The Morgan fingerprint density at radius 1 is 1.38 bits per heavy atom. The van der Waals surface area contributed by atoms with E-state index in [0.717, 1.165) is 10.9 Å². The van der Waals surface area contributed by atoms with E-state index < -0.39 is 5.54 Å². The number of hydrogen-bond acceptors (Lipinski definition) is 2. The number of benzene rings is 1. The number of rotatable bonds is 2. The van der Waals surface area contributed by atoms with Crippen molar-refractivity contribution >= 4 is 21.8 Å². The number of hydrogen-bond donors (Lipinski definition) is 2. The highest BCUT2D eigenvalue weighted by atomic mass is 79.9. The van der Waals surface area contributed by atoms with Gasteiger partial charge in [-0.1, -0.05) is 28.1 Å². The molecule has 1 amide bonds. The molecule has 0 aliphatic heterocycles. The fourth-order valence-corrected chi connectivity index (χ4v) is 2.58. The van der Waals surface area contributed by atoms with Crippen molar-refractivity contribution in [1.29, 1.82) is 0 Å². The second kappa shape index (κ2) is 4.18. The minimum Gasteiger partial charge on any atom is -0.368 e. The van der Waals surface area contributed by atoms with Crippen molar-refractivity contribution in [1.82, 2.24) is 0 Å². The van der Waals surface area contributed by atoms with Gasteiger partial charge in [0.05, 0.1) is 5.54 Å². The molecule has 0 saturated heterocycles. The molecule has 1 saturated carbocycles. The van der Waals surface area contributed by atoms with Gasteiger partial charge in [0.15, 0.2) is 0 Å². The zero-order chi connectivity index (χ0) is 11.8. The molecule has 2 atom stereocenters. The lowest BCUT2D eigenvalue weighted by molar-refractivity contribution is -0.122. The fourth-order valence-electron chi connectivity index (χ4n) is 2.32. The van der Waals surface area contributed by atoms with Gasteiger partial charge in [0, 0.05) is 4.47 Å². The van der Waals surface area contributed by atoms with Crippen LogP contribution in [0.4, 0.5) is 0 Å². The molecule has 4 heteroatoms. The molecule has 0 bridgehead atoms. The van der Waals surface area contributed by atoms with Crippen LogP contribution in [0.15, 0.2) is 28.7 Å². The van der Waals surface area contributed by atoms with Gasteiger partial charge in [-0.2, -0.15) is 0 Å². The Labute approximate surface area is 103 Å². The molecule has 1 aromatic rings. The summed E-state index contributed by atoms with van der Waals surface area (Å²) < 4.78 is 1.06. The largest absolute Gasteiger partial charge is 0.368 e. The summed E-state index contributed by atoms with van der Waals surface area (Å²) in [5, 5.41) is 0. The molecule has 16 heavy (non-hydrogen) atoms. The number of carbonyl (C=O) groups excluding carboxylic acids is 1. The van der Waals surface area contributed by atoms with E-state index in [-0.39, 0.29) is 5.91 Å². The number of primary amides is 1. The molecule has 0 heterocycles. The van der Waals surface area contributed by atoms with E-state index in [2.05, 4.69) is 28.1 Å². The Balaban J connectivity index is 2.15. The first-order valence-electron chi connectivity index (χ1n) is 5.35. The topological polar surface area (TPSA) is 69.1 Å². The molecule has 0 radical (unpaired) electrons. The zero-order valence-electron chi connectivity index (χ0n) is 8.95.